The molecule has 0 unspecified atom stereocenters. The van der Waals surface area contributed by atoms with Crippen LogP contribution in [0, 0.1) is 0 Å². The molecule has 2 aromatic rings. The van der Waals surface area contributed by atoms with Crippen LogP contribution in [0.25, 0.3) is 0 Å². The number of hydrogen-bond donors (Lipinski definition) is 1. The number of nitrogens with one attached hydrogen (secondary N) is 1. The van der Waals surface area contributed by atoms with Gasteiger partial charge in [0.05, 0.1) is 23.2 Å². The molecule has 22 heavy (non-hydrogen) atoms. The second-order valence-electron chi connectivity index (χ2n) is 4.82. The third-order valence-corrected chi connectivity index (χ3v) is 3.76. The predicted molar refractivity (Wildman–Crippen MR) is 90.0 cm³/mol. The summed E-state index contributed by atoms with van der Waals surface area (Å²) < 4.78 is 5.40. The Morgan fingerprint density at radius 1 is 1.18 bits per heavy atom. The van der Waals surface area contributed by atoms with Crippen LogP contribution >= 0.6 is 23.2 Å². The van der Waals surface area contributed by atoms with E-state index in [9.17, 15) is 4.79 Å². The topological polar surface area (TPSA) is 38.3 Å². The SMILES string of the molecule is CCOc1ccc([C@H](C)NC(=O)c2ccc(Cl)cc2Cl)cc1. The lowest BCUT2D eigenvalue weighted by Gasteiger charge is -2.15. The van der Waals surface area contributed by atoms with Crippen molar-refractivity contribution in [1.82, 2.24) is 5.32 Å². The Morgan fingerprint density at radius 3 is 2.45 bits per heavy atom. The van der Waals surface area contributed by atoms with Gasteiger partial charge in [0.15, 0.2) is 0 Å². The van der Waals surface area contributed by atoms with E-state index >= 15 is 0 Å². The lowest BCUT2D eigenvalue weighted by atomic mass is 10.1. The monoisotopic (exact) mass is 337 g/mol. The minimum atomic E-state index is -0.233. The average molecular weight is 338 g/mol. The molecule has 5 heteroatoms. The molecule has 116 valence electrons. The highest BCUT2D eigenvalue weighted by Gasteiger charge is 2.14. The first-order chi connectivity index (χ1) is 10.5. The molecular weight excluding hydrogens is 321 g/mol. The highest BCUT2D eigenvalue weighted by Crippen LogP contribution is 2.22. The molecule has 0 aliphatic heterocycles. The van der Waals surface area contributed by atoms with E-state index in [0.717, 1.165) is 11.3 Å². The Bertz CT molecular complexity index is 656. The smallest absolute Gasteiger partial charge is 0.253 e. The summed E-state index contributed by atoms with van der Waals surface area (Å²) in [5, 5.41) is 3.75. The van der Waals surface area contributed by atoms with Gasteiger partial charge in [0.2, 0.25) is 0 Å². The molecule has 1 atom stereocenters. The van der Waals surface area contributed by atoms with Crippen molar-refractivity contribution in [2.45, 2.75) is 19.9 Å². The lowest BCUT2D eigenvalue weighted by Crippen LogP contribution is -2.26. The van der Waals surface area contributed by atoms with Crippen LogP contribution < -0.4 is 10.1 Å². The normalized spacial score (nSPS) is 11.8. The molecule has 2 aromatic carbocycles. The fourth-order valence-corrected chi connectivity index (χ4v) is 2.55. The largest absolute Gasteiger partial charge is 0.494 e. The Balaban J connectivity index is 2.07. The van der Waals surface area contributed by atoms with Crippen LogP contribution in [0.2, 0.25) is 10.0 Å². The third-order valence-electron chi connectivity index (χ3n) is 3.21. The summed E-state index contributed by atoms with van der Waals surface area (Å²) in [6.45, 7) is 4.48. The molecular formula is C17H17Cl2NO2. The van der Waals surface area contributed by atoms with Gasteiger partial charge in [-0.05, 0) is 49.7 Å². The molecule has 0 spiro atoms. The van der Waals surface area contributed by atoms with Crippen LogP contribution in [-0.2, 0) is 0 Å². The quantitative estimate of drug-likeness (QED) is 0.843. The number of amides is 1. The van der Waals surface area contributed by atoms with E-state index in [1.165, 1.54) is 0 Å². The Kier molecular flexibility index (Phi) is 5.69. The summed E-state index contributed by atoms with van der Waals surface area (Å²) in [6, 6.07) is 12.3. The molecule has 1 amide bonds. The zero-order valence-corrected chi connectivity index (χ0v) is 13.9. The van der Waals surface area contributed by atoms with Crippen LogP contribution in [0.15, 0.2) is 42.5 Å². The van der Waals surface area contributed by atoms with Gasteiger partial charge in [-0.1, -0.05) is 35.3 Å². The van der Waals surface area contributed by atoms with Gasteiger partial charge in [0.1, 0.15) is 5.75 Å². The predicted octanol–water partition coefficient (Wildman–Crippen LogP) is 4.88. The van der Waals surface area contributed by atoms with Gasteiger partial charge in [-0.2, -0.15) is 0 Å². The van der Waals surface area contributed by atoms with E-state index in [0.29, 0.717) is 22.2 Å². The fraction of sp³-hybridized carbons (Fsp3) is 0.235. The standard InChI is InChI=1S/C17H17Cl2NO2/c1-3-22-14-7-4-12(5-8-14)11(2)20-17(21)15-9-6-13(18)10-16(15)19/h4-11H,3H2,1-2H3,(H,20,21)/t11-/m0/s1. The zero-order chi connectivity index (χ0) is 16.1. The molecule has 0 aromatic heterocycles. The Hall–Kier alpha value is -1.71. The number of hydrogen-bond acceptors (Lipinski definition) is 2. The highest BCUT2D eigenvalue weighted by molar-refractivity contribution is 6.36. The van der Waals surface area contributed by atoms with Crippen molar-refractivity contribution in [2.24, 2.45) is 0 Å². The molecule has 3 nitrogen and oxygen atoms in total. The second kappa shape index (κ2) is 7.52. The number of ether oxygens (including phenoxy) is 1. The summed E-state index contributed by atoms with van der Waals surface area (Å²) in [5.74, 6) is 0.577. The van der Waals surface area contributed by atoms with E-state index in [1.807, 2.05) is 38.1 Å². The highest BCUT2D eigenvalue weighted by atomic mass is 35.5. The molecule has 0 radical (unpaired) electrons. The number of rotatable bonds is 5. The molecule has 0 heterocycles. The molecule has 0 bridgehead atoms. The van der Waals surface area contributed by atoms with Gasteiger partial charge in [0, 0.05) is 5.02 Å². The maximum Gasteiger partial charge on any atom is 0.253 e. The third kappa shape index (κ3) is 4.15. The van der Waals surface area contributed by atoms with Gasteiger partial charge in [-0.25, -0.2) is 0 Å². The van der Waals surface area contributed by atoms with Crippen molar-refractivity contribution < 1.29 is 9.53 Å². The van der Waals surface area contributed by atoms with Crippen LogP contribution in [0.1, 0.15) is 35.8 Å². The molecule has 2 rings (SSSR count). The van der Waals surface area contributed by atoms with E-state index < -0.39 is 0 Å². The van der Waals surface area contributed by atoms with E-state index in [-0.39, 0.29) is 11.9 Å². The minimum absolute atomic E-state index is 0.144. The fourth-order valence-electron chi connectivity index (χ4n) is 2.05. The summed E-state index contributed by atoms with van der Waals surface area (Å²) in [6.07, 6.45) is 0. The van der Waals surface area contributed by atoms with Crippen molar-refractivity contribution in [3.05, 3.63) is 63.6 Å². The molecule has 1 N–H and O–H groups in total. The zero-order valence-electron chi connectivity index (χ0n) is 12.4. The van der Waals surface area contributed by atoms with Crippen molar-refractivity contribution in [1.29, 1.82) is 0 Å². The minimum Gasteiger partial charge on any atom is -0.494 e. The Labute approximate surface area is 140 Å². The molecule has 0 saturated heterocycles. The summed E-state index contributed by atoms with van der Waals surface area (Å²) in [5.41, 5.74) is 1.39. The summed E-state index contributed by atoms with van der Waals surface area (Å²) in [4.78, 5) is 12.3. The summed E-state index contributed by atoms with van der Waals surface area (Å²) in [7, 11) is 0. The molecule has 0 saturated carbocycles. The average Bonchev–Trinajstić information content (AvgIpc) is 2.48. The van der Waals surface area contributed by atoms with E-state index in [2.05, 4.69) is 5.32 Å². The first kappa shape index (κ1) is 16.7. The number of benzene rings is 2. The van der Waals surface area contributed by atoms with Crippen molar-refractivity contribution >= 4 is 29.1 Å². The summed E-state index contributed by atoms with van der Waals surface area (Å²) >= 11 is 11.9. The maximum atomic E-state index is 12.3. The van der Waals surface area contributed by atoms with Crippen LogP contribution in [0.4, 0.5) is 0 Å². The first-order valence-electron chi connectivity index (χ1n) is 7.00. The van der Waals surface area contributed by atoms with Crippen molar-refractivity contribution in [3.8, 4) is 5.75 Å². The number of carbonyl (C=O) groups is 1. The van der Waals surface area contributed by atoms with Gasteiger partial charge in [-0.15, -0.1) is 0 Å². The molecule has 0 aliphatic rings. The van der Waals surface area contributed by atoms with Gasteiger partial charge < -0.3 is 10.1 Å². The van der Waals surface area contributed by atoms with Crippen LogP contribution in [0.5, 0.6) is 5.75 Å². The van der Waals surface area contributed by atoms with Gasteiger partial charge >= 0.3 is 0 Å². The van der Waals surface area contributed by atoms with Crippen LogP contribution in [-0.4, -0.2) is 12.5 Å². The number of halogens is 2. The molecule has 0 fully saturated rings. The molecule has 0 aliphatic carbocycles. The Morgan fingerprint density at radius 2 is 1.86 bits per heavy atom. The first-order valence-corrected chi connectivity index (χ1v) is 7.75. The van der Waals surface area contributed by atoms with Gasteiger partial charge in [0.25, 0.3) is 5.91 Å². The van der Waals surface area contributed by atoms with Gasteiger partial charge in [-0.3, -0.25) is 4.79 Å². The van der Waals surface area contributed by atoms with E-state index in [4.69, 9.17) is 27.9 Å². The second-order valence-corrected chi connectivity index (χ2v) is 5.67. The van der Waals surface area contributed by atoms with Crippen molar-refractivity contribution in [3.63, 3.8) is 0 Å². The number of carbonyl (C=O) groups excluding carboxylic acids is 1. The van der Waals surface area contributed by atoms with Crippen LogP contribution in [0.3, 0.4) is 0 Å². The van der Waals surface area contributed by atoms with Crippen molar-refractivity contribution in [2.75, 3.05) is 6.61 Å². The van der Waals surface area contributed by atoms with E-state index in [1.54, 1.807) is 18.2 Å². The maximum absolute atomic E-state index is 12.3. The lowest BCUT2D eigenvalue weighted by molar-refractivity contribution is 0.0940.